The van der Waals surface area contributed by atoms with Crippen LogP contribution in [-0.4, -0.2) is 31.8 Å². The molecule has 3 aromatic rings. The molecule has 21 heavy (non-hydrogen) atoms. The second kappa shape index (κ2) is 5.06. The number of rotatable bonds is 3. The first kappa shape index (κ1) is 13.4. The zero-order valence-electron chi connectivity index (χ0n) is 11.3. The number of anilines is 1. The summed E-state index contributed by atoms with van der Waals surface area (Å²) >= 11 is 1.32. The molecule has 0 saturated heterocycles. The van der Waals surface area contributed by atoms with Gasteiger partial charge in [0.05, 0.1) is 11.3 Å². The van der Waals surface area contributed by atoms with Crippen molar-refractivity contribution in [2.75, 3.05) is 12.4 Å². The molecule has 0 aliphatic heterocycles. The van der Waals surface area contributed by atoms with E-state index in [9.17, 15) is 10.2 Å². The highest BCUT2D eigenvalue weighted by atomic mass is 32.1. The lowest BCUT2D eigenvalue weighted by Crippen LogP contribution is -1.88. The van der Waals surface area contributed by atoms with Crippen LogP contribution < -0.4 is 5.32 Å². The Morgan fingerprint density at radius 3 is 2.76 bits per heavy atom. The summed E-state index contributed by atoms with van der Waals surface area (Å²) in [4.78, 5) is 4.32. The number of phenolic OH excluding ortho intramolecular Hbond substituents is 2. The van der Waals surface area contributed by atoms with Crippen molar-refractivity contribution in [3.63, 3.8) is 0 Å². The fraction of sp³-hybridized carbons (Fsp3) is 0.154. The number of aryl methyl sites for hydroxylation is 1. The van der Waals surface area contributed by atoms with Crippen molar-refractivity contribution in [3.8, 4) is 34.3 Å². The predicted molar refractivity (Wildman–Crippen MR) is 78.5 cm³/mol. The van der Waals surface area contributed by atoms with Crippen LogP contribution in [0.2, 0.25) is 0 Å². The highest BCUT2D eigenvalue weighted by molar-refractivity contribution is 7.10. The molecule has 7 nitrogen and oxygen atoms in total. The first-order valence-electron chi connectivity index (χ1n) is 6.10. The molecule has 0 amide bonds. The van der Waals surface area contributed by atoms with Crippen LogP contribution in [0.3, 0.4) is 0 Å². The number of nitrogens with zero attached hydrogens (tertiary/aromatic N) is 3. The molecule has 0 unspecified atom stereocenters. The molecule has 0 spiro atoms. The monoisotopic (exact) mass is 304 g/mol. The molecule has 0 radical (unpaired) electrons. The molecule has 3 rings (SSSR count). The maximum atomic E-state index is 9.52. The van der Waals surface area contributed by atoms with Crippen LogP contribution in [0, 0.1) is 6.92 Å². The Hall–Kier alpha value is -2.61. The van der Waals surface area contributed by atoms with Crippen LogP contribution >= 0.6 is 11.5 Å². The summed E-state index contributed by atoms with van der Waals surface area (Å²) in [5.74, 6) is 0.252. The summed E-state index contributed by atoms with van der Waals surface area (Å²) in [5, 5.41) is 26.6. The summed E-state index contributed by atoms with van der Waals surface area (Å²) in [6.07, 6.45) is 0. The van der Waals surface area contributed by atoms with Crippen LogP contribution in [0.4, 0.5) is 5.00 Å². The van der Waals surface area contributed by atoms with E-state index >= 15 is 0 Å². The summed E-state index contributed by atoms with van der Waals surface area (Å²) < 4.78 is 9.53. The summed E-state index contributed by atoms with van der Waals surface area (Å²) in [5.41, 5.74) is 2.12. The minimum Gasteiger partial charge on any atom is -0.504 e. The molecular formula is C13H12N4O3S. The van der Waals surface area contributed by atoms with E-state index in [2.05, 4.69) is 19.8 Å². The Bertz CT molecular complexity index is 797. The van der Waals surface area contributed by atoms with Gasteiger partial charge in [-0.05, 0) is 36.7 Å². The van der Waals surface area contributed by atoms with E-state index < -0.39 is 0 Å². The smallest absolute Gasteiger partial charge is 0.263 e. The summed E-state index contributed by atoms with van der Waals surface area (Å²) in [6.45, 7) is 1.86. The number of hydrogen-bond donors (Lipinski definition) is 3. The molecule has 108 valence electrons. The highest BCUT2D eigenvalue weighted by Gasteiger charge is 2.19. The number of benzene rings is 1. The van der Waals surface area contributed by atoms with Crippen molar-refractivity contribution in [1.82, 2.24) is 14.5 Å². The Morgan fingerprint density at radius 2 is 2.05 bits per heavy atom. The van der Waals surface area contributed by atoms with Gasteiger partial charge in [0.1, 0.15) is 5.00 Å². The average Bonchev–Trinajstić information content (AvgIpc) is 3.08. The normalized spacial score (nSPS) is 10.8. The molecule has 8 heteroatoms. The van der Waals surface area contributed by atoms with Gasteiger partial charge in [-0.3, -0.25) is 0 Å². The molecule has 0 atom stereocenters. The molecule has 2 heterocycles. The Balaban J connectivity index is 2.03. The van der Waals surface area contributed by atoms with Gasteiger partial charge in [-0.15, -0.1) is 0 Å². The highest BCUT2D eigenvalue weighted by Crippen LogP contribution is 2.35. The van der Waals surface area contributed by atoms with Gasteiger partial charge in [0.15, 0.2) is 11.5 Å². The second-order valence-electron chi connectivity index (χ2n) is 4.35. The maximum Gasteiger partial charge on any atom is 0.263 e. The average molecular weight is 304 g/mol. The van der Waals surface area contributed by atoms with Crippen LogP contribution in [0.25, 0.3) is 22.8 Å². The molecule has 3 N–H and O–H groups in total. The Labute approximate surface area is 124 Å². The number of aromatic hydroxyl groups is 2. The van der Waals surface area contributed by atoms with Gasteiger partial charge in [-0.25, -0.2) is 0 Å². The molecular weight excluding hydrogens is 292 g/mol. The van der Waals surface area contributed by atoms with E-state index in [1.54, 1.807) is 13.1 Å². The van der Waals surface area contributed by atoms with Crippen LogP contribution in [0.5, 0.6) is 11.5 Å². The Kier molecular flexibility index (Phi) is 3.22. The van der Waals surface area contributed by atoms with Crippen molar-refractivity contribution in [2.24, 2.45) is 0 Å². The topological polar surface area (TPSA) is 104 Å². The van der Waals surface area contributed by atoms with Gasteiger partial charge in [-0.2, -0.15) is 9.36 Å². The van der Waals surface area contributed by atoms with E-state index in [4.69, 9.17) is 4.52 Å². The summed E-state index contributed by atoms with van der Waals surface area (Å²) in [6, 6.07) is 4.35. The van der Waals surface area contributed by atoms with Crippen molar-refractivity contribution in [1.29, 1.82) is 0 Å². The quantitative estimate of drug-likeness (QED) is 0.639. The van der Waals surface area contributed by atoms with Crippen molar-refractivity contribution >= 4 is 16.5 Å². The first-order chi connectivity index (χ1) is 10.1. The van der Waals surface area contributed by atoms with Crippen LogP contribution in [0.15, 0.2) is 22.7 Å². The fourth-order valence-corrected chi connectivity index (χ4v) is 2.63. The van der Waals surface area contributed by atoms with Crippen LogP contribution in [-0.2, 0) is 0 Å². The fourth-order valence-electron chi connectivity index (χ4n) is 1.90. The van der Waals surface area contributed by atoms with Gasteiger partial charge < -0.3 is 20.1 Å². The molecule has 2 aromatic heterocycles. The van der Waals surface area contributed by atoms with Gasteiger partial charge in [0, 0.05) is 12.6 Å². The summed E-state index contributed by atoms with van der Waals surface area (Å²) in [7, 11) is 1.80. The van der Waals surface area contributed by atoms with Gasteiger partial charge in [0.25, 0.3) is 5.89 Å². The lowest BCUT2D eigenvalue weighted by molar-refractivity contribution is 0.404. The van der Waals surface area contributed by atoms with Crippen molar-refractivity contribution in [3.05, 3.63) is 23.9 Å². The molecule has 0 saturated carbocycles. The number of phenols is 2. The second-order valence-corrected chi connectivity index (χ2v) is 5.12. The standard InChI is InChI=1S/C13H12N4O3S/c1-6-10(13(14-2)21-17-6)12-15-11(16-20-12)7-3-4-8(18)9(19)5-7/h3-5,14,18-19H,1-2H3. The number of nitrogens with one attached hydrogen (secondary N) is 1. The molecule has 0 bridgehead atoms. The third kappa shape index (κ3) is 2.29. The Morgan fingerprint density at radius 1 is 1.24 bits per heavy atom. The minimum atomic E-state index is -0.233. The van der Waals surface area contributed by atoms with Gasteiger partial charge >= 0.3 is 0 Å². The van der Waals surface area contributed by atoms with Gasteiger partial charge in [-0.1, -0.05) is 5.16 Å². The number of aromatic nitrogens is 3. The SMILES string of the molecule is CNc1snc(C)c1-c1nc(-c2ccc(O)c(O)c2)no1. The van der Waals surface area contributed by atoms with E-state index in [0.717, 1.165) is 16.3 Å². The lowest BCUT2D eigenvalue weighted by atomic mass is 10.2. The third-order valence-electron chi connectivity index (χ3n) is 2.96. The minimum absolute atomic E-state index is 0.196. The van der Waals surface area contributed by atoms with Crippen LogP contribution in [0.1, 0.15) is 5.69 Å². The largest absolute Gasteiger partial charge is 0.504 e. The predicted octanol–water partition coefficient (Wildman–Crippen LogP) is 2.62. The molecule has 0 aliphatic rings. The van der Waals surface area contributed by atoms with Crippen molar-refractivity contribution < 1.29 is 14.7 Å². The van der Waals surface area contributed by atoms with E-state index in [0.29, 0.717) is 17.3 Å². The van der Waals surface area contributed by atoms with Gasteiger partial charge in [0.2, 0.25) is 5.82 Å². The zero-order chi connectivity index (χ0) is 15.0. The van der Waals surface area contributed by atoms with E-state index in [-0.39, 0.29) is 11.5 Å². The van der Waals surface area contributed by atoms with E-state index in [1.807, 2.05) is 6.92 Å². The maximum absolute atomic E-state index is 9.52. The van der Waals surface area contributed by atoms with E-state index in [1.165, 1.54) is 23.7 Å². The number of hydrogen-bond acceptors (Lipinski definition) is 8. The molecule has 1 aromatic carbocycles. The molecule has 0 fully saturated rings. The molecule has 0 aliphatic carbocycles. The van der Waals surface area contributed by atoms with Crippen molar-refractivity contribution in [2.45, 2.75) is 6.92 Å². The zero-order valence-corrected chi connectivity index (χ0v) is 12.1. The third-order valence-corrected chi connectivity index (χ3v) is 3.92. The first-order valence-corrected chi connectivity index (χ1v) is 6.88. The lowest BCUT2D eigenvalue weighted by Gasteiger charge is -1.98.